The molecule has 102 valence electrons. The summed E-state index contributed by atoms with van der Waals surface area (Å²) in [7, 11) is 0. The molecular formula is C11H18ClN3O3. The maximum Gasteiger partial charge on any atom is 0.324 e. The monoisotopic (exact) mass is 275 g/mol. The number of hydrogen-bond acceptors (Lipinski definition) is 6. The van der Waals surface area contributed by atoms with Gasteiger partial charge in [0, 0.05) is 0 Å². The van der Waals surface area contributed by atoms with Crippen LogP contribution in [-0.4, -0.2) is 40.4 Å². The summed E-state index contributed by atoms with van der Waals surface area (Å²) >= 11 is 5.74. The van der Waals surface area contributed by atoms with Crippen LogP contribution < -0.4 is 9.47 Å². The Morgan fingerprint density at radius 3 is 2.22 bits per heavy atom. The van der Waals surface area contributed by atoms with E-state index in [2.05, 4.69) is 15.0 Å². The maximum absolute atomic E-state index is 5.74. The van der Waals surface area contributed by atoms with E-state index in [1.807, 2.05) is 27.7 Å². The first kappa shape index (κ1) is 14.9. The quantitative estimate of drug-likeness (QED) is 0.710. The Labute approximate surface area is 112 Å². The highest BCUT2D eigenvalue weighted by Crippen LogP contribution is 2.14. The van der Waals surface area contributed by atoms with Gasteiger partial charge in [-0.2, -0.15) is 9.97 Å². The van der Waals surface area contributed by atoms with Gasteiger partial charge in [0.1, 0.15) is 6.61 Å². The van der Waals surface area contributed by atoms with Crippen LogP contribution in [0.3, 0.4) is 0 Å². The van der Waals surface area contributed by atoms with Crippen molar-refractivity contribution in [2.75, 3.05) is 13.2 Å². The predicted molar refractivity (Wildman–Crippen MR) is 67.2 cm³/mol. The Morgan fingerprint density at radius 1 is 0.944 bits per heavy atom. The molecule has 0 aliphatic heterocycles. The Bertz CT molecular complexity index is 375. The lowest BCUT2D eigenvalue weighted by atomic mass is 10.5. The zero-order valence-corrected chi connectivity index (χ0v) is 11.8. The van der Waals surface area contributed by atoms with Crippen LogP contribution in [-0.2, 0) is 4.74 Å². The van der Waals surface area contributed by atoms with Crippen LogP contribution in [0.1, 0.15) is 27.7 Å². The highest BCUT2D eigenvalue weighted by molar-refractivity contribution is 6.28. The van der Waals surface area contributed by atoms with E-state index in [1.54, 1.807) is 0 Å². The molecule has 7 heteroatoms. The number of halogens is 1. The molecule has 0 aromatic carbocycles. The zero-order valence-electron chi connectivity index (χ0n) is 11.0. The van der Waals surface area contributed by atoms with E-state index < -0.39 is 0 Å². The summed E-state index contributed by atoms with van der Waals surface area (Å²) in [5.74, 6) is 0. The first-order chi connectivity index (χ1) is 8.47. The molecule has 0 bridgehead atoms. The second-order valence-electron chi connectivity index (χ2n) is 4.10. The molecule has 18 heavy (non-hydrogen) atoms. The maximum atomic E-state index is 5.74. The molecule has 0 aliphatic rings. The molecule has 1 rings (SSSR count). The second kappa shape index (κ2) is 7.33. The molecule has 0 atom stereocenters. The van der Waals surface area contributed by atoms with Crippen LogP contribution in [0.25, 0.3) is 0 Å². The van der Waals surface area contributed by atoms with Gasteiger partial charge in [0.25, 0.3) is 0 Å². The molecule has 0 fully saturated rings. The summed E-state index contributed by atoms with van der Waals surface area (Å²) in [6, 6.07) is 0.294. The topological polar surface area (TPSA) is 66.4 Å². The van der Waals surface area contributed by atoms with Crippen molar-refractivity contribution in [3.63, 3.8) is 0 Å². The minimum atomic E-state index is -0.0411. The Kier molecular flexibility index (Phi) is 6.07. The third kappa shape index (κ3) is 5.97. The van der Waals surface area contributed by atoms with Crippen molar-refractivity contribution in [3.05, 3.63) is 5.28 Å². The first-order valence-corrected chi connectivity index (χ1v) is 6.17. The molecule has 0 spiro atoms. The molecule has 0 aliphatic carbocycles. The van der Waals surface area contributed by atoms with E-state index in [0.29, 0.717) is 13.2 Å². The molecule has 0 radical (unpaired) electrons. The number of ether oxygens (including phenoxy) is 3. The minimum Gasteiger partial charge on any atom is -0.461 e. The molecule has 1 heterocycles. The van der Waals surface area contributed by atoms with Gasteiger partial charge >= 0.3 is 12.0 Å². The van der Waals surface area contributed by atoms with Crippen molar-refractivity contribution in [2.45, 2.75) is 39.9 Å². The van der Waals surface area contributed by atoms with E-state index in [1.165, 1.54) is 0 Å². The average molecular weight is 276 g/mol. The normalized spacial score (nSPS) is 11.1. The van der Waals surface area contributed by atoms with Crippen molar-refractivity contribution in [3.8, 4) is 12.0 Å². The summed E-state index contributed by atoms with van der Waals surface area (Å²) in [5, 5.41) is 0.0421. The average Bonchev–Trinajstić information content (AvgIpc) is 2.22. The molecule has 0 saturated heterocycles. The second-order valence-corrected chi connectivity index (χ2v) is 4.44. The molecule has 0 N–H and O–H groups in total. The van der Waals surface area contributed by atoms with E-state index >= 15 is 0 Å². The van der Waals surface area contributed by atoms with Crippen molar-refractivity contribution in [1.82, 2.24) is 15.0 Å². The van der Waals surface area contributed by atoms with Crippen LogP contribution in [0.2, 0.25) is 5.28 Å². The smallest absolute Gasteiger partial charge is 0.324 e. The summed E-state index contributed by atoms with van der Waals surface area (Å²) in [6.45, 7) is 8.45. The van der Waals surface area contributed by atoms with Crippen molar-refractivity contribution in [1.29, 1.82) is 0 Å². The molecule has 0 saturated carbocycles. The Balaban J connectivity index is 2.51. The van der Waals surface area contributed by atoms with Crippen LogP contribution in [0.4, 0.5) is 0 Å². The van der Waals surface area contributed by atoms with Crippen LogP contribution in [0.5, 0.6) is 12.0 Å². The first-order valence-electron chi connectivity index (χ1n) is 5.80. The minimum absolute atomic E-state index is 0.0411. The van der Waals surface area contributed by atoms with E-state index in [-0.39, 0.29) is 29.5 Å². The number of nitrogens with zero attached hydrogens (tertiary/aromatic N) is 3. The SMILES string of the molecule is CC(C)OCCOc1nc(Cl)nc(OC(C)C)n1. The van der Waals surface area contributed by atoms with Crippen LogP contribution >= 0.6 is 11.6 Å². The lowest BCUT2D eigenvalue weighted by Crippen LogP contribution is -2.14. The van der Waals surface area contributed by atoms with Gasteiger partial charge in [-0.3, -0.25) is 0 Å². The largest absolute Gasteiger partial charge is 0.461 e. The Hall–Kier alpha value is -1.14. The van der Waals surface area contributed by atoms with Gasteiger partial charge in [0.05, 0.1) is 18.8 Å². The number of rotatable bonds is 7. The summed E-state index contributed by atoms with van der Waals surface area (Å²) in [6.07, 6.45) is 0.121. The lowest BCUT2D eigenvalue weighted by molar-refractivity contribution is 0.0527. The predicted octanol–water partition coefficient (Wildman–Crippen LogP) is 2.12. The molecule has 0 amide bonds. The highest BCUT2D eigenvalue weighted by Gasteiger charge is 2.08. The molecule has 6 nitrogen and oxygen atoms in total. The van der Waals surface area contributed by atoms with Gasteiger partial charge in [-0.1, -0.05) is 0 Å². The molecule has 1 aromatic heterocycles. The van der Waals surface area contributed by atoms with Gasteiger partial charge < -0.3 is 14.2 Å². The number of aromatic nitrogens is 3. The van der Waals surface area contributed by atoms with Gasteiger partial charge in [-0.15, -0.1) is 4.98 Å². The van der Waals surface area contributed by atoms with E-state index in [4.69, 9.17) is 25.8 Å². The molecular weight excluding hydrogens is 258 g/mol. The van der Waals surface area contributed by atoms with Gasteiger partial charge in [0.2, 0.25) is 5.28 Å². The summed E-state index contributed by atoms with van der Waals surface area (Å²) in [4.78, 5) is 11.7. The Morgan fingerprint density at radius 2 is 1.61 bits per heavy atom. The van der Waals surface area contributed by atoms with Crippen molar-refractivity contribution >= 4 is 11.6 Å². The summed E-state index contributed by atoms with van der Waals surface area (Å²) in [5.41, 5.74) is 0. The fourth-order valence-corrected chi connectivity index (χ4v) is 1.20. The van der Waals surface area contributed by atoms with Gasteiger partial charge in [0.15, 0.2) is 0 Å². The number of hydrogen-bond donors (Lipinski definition) is 0. The highest BCUT2D eigenvalue weighted by atomic mass is 35.5. The fraction of sp³-hybridized carbons (Fsp3) is 0.727. The van der Waals surface area contributed by atoms with Crippen LogP contribution in [0, 0.1) is 0 Å². The van der Waals surface area contributed by atoms with Crippen LogP contribution in [0.15, 0.2) is 0 Å². The summed E-state index contributed by atoms with van der Waals surface area (Å²) < 4.78 is 16.0. The van der Waals surface area contributed by atoms with Gasteiger partial charge in [-0.05, 0) is 39.3 Å². The zero-order chi connectivity index (χ0) is 13.5. The van der Waals surface area contributed by atoms with Gasteiger partial charge in [-0.25, -0.2) is 0 Å². The van der Waals surface area contributed by atoms with E-state index in [9.17, 15) is 0 Å². The molecule has 0 unspecified atom stereocenters. The van der Waals surface area contributed by atoms with E-state index in [0.717, 1.165) is 0 Å². The third-order valence-electron chi connectivity index (χ3n) is 1.67. The fourth-order valence-electron chi connectivity index (χ4n) is 1.06. The third-order valence-corrected chi connectivity index (χ3v) is 1.84. The van der Waals surface area contributed by atoms with Crippen molar-refractivity contribution in [2.24, 2.45) is 0 Å². The lowest BCUT2D eigenvalue weighted by Gasteiger charge is -2.10. The molecule has 1 aromatic rings. The van der Waals surface area contributed by atoms with Crippen molar-refractivity contribution < 1.29 is 14.2 Å². The standard InChI is InChI=1S/C11H18ClN3O3/c1-7(2)16-5-6-17-10-13-9(12)14-11(15-10)18-8(3)4/h7-8H,5-6H2,1-4H3.